The number of nitrogens with zero attached hydrogens (tertiary/aromatic N) is 5. The molecule has 0 radical (unpaired) electrons. The zero-order valence-corrected chi connectivity index (χ0v) is 20.4. The van der Waals surface area contributed by atoms with Crippen LogP contribution in [0.3, 0.4) is 0 Å². The number of anilines is 1. The summed E-state index contributed by atoms with van der Waals surface area (Å²) < 4.78 is 19.3. The lowest BCUT2D eigenvalue weighted by Gasteiger charge is -2.12. The summed E-state index contributed by atoms with van der Waals surface area (Å²) in [6.45, 7) is 7.59. The second-order valence-corrected chi connectivity index (χ2v) is 9.18. The minimum absolute atomic E-state index is 0.216. The predicted molar refractivity (Wildman–Crippen MR) is 135 cm³/mol. The molecular formula is C25H25FN6O2S. The van der Waals surface area contributed by atoms with E-state index in [1.165, 1.54) is 22.5 Å². The van der Waals surface area contributed by atoms with Gasteiger partial charge in [0.2, 0.25) is 5.91 Å². The highest BCUT2D eigenvalue weighted by molar-refractivity contribution is 8.00. The monoisotopic (exact) mass is 492 g/mol. The maximum Gasteiger partial charge on any atom is 0.295 e. The van der Waals surface area contributed by atoms with E-state index in [4.69, 9.17) is 0 Å². The Morgan fingerprint density at radius 2 is 1.86 bits per heavy atom. The highest BCUT2D eigenvalue weighted by atomic mass is 32.2. The van der Waals surface area contributed by atoms with Gasteiger partial charge in [-0.15, -0.1) is 16.8 Å². The number of halogens is 1. The molecule has 8 nitrogen and oxygen atoms in total. The third kappa shape index (κ3) is 4.69. The lowest BCUT2D eigenvalue weighted by molar-refractivity contribution is -0.115. The summed E-state index contributed by atoms with van der Waals surface area (Å²) in [7, 11) is 1.76. The molecule has 0 aliphatic carbocycles. The van der Waals surface area contributed by atoms with Crippen molar-refractivity contribution in [2.75, 3.05) is 5.32 Å². The summed E-state index contributed by atoms with van der Waals surface area (Å²) in [5, 5.41) is 10.9. The van der Waals surface area contributed by atoms with Crippen molar-refractivity contribution in [3.05, 3.63) is 89.1 Å². The first-order valence-electron chi connectivity index (χ1n) is 10.9. The van der Waals surface area contributed by atoms with Crippen molar-refractivity contribution in [3.63, 3.8) is 0 Å². The fourth-order valence-electron chi connectivity index (χ4n) is 3.66. The van der Waals surface area contributed by atoms with E-state index in [0.29, 0.717) is 34.5 Å². The molecule has 0 aliphatic heterocycles. The fourth-order valence-corrected chi connectivity index (χ4v) is 4.52. The summed E-state index contributed by atoms with van der Waals surface area (Å²) in [5.74, 6) is -0.425. The van der Waals surface area contributed by atoms with Crippen molar-refractivity contribution in [1.82, 2.24) is 24.1 Å². The van der Waals surface area contributed by atoms with Gasteiger partial charge >= 0.3 is 0 Å². The summed E-state index contributed by atoms with van der Waals surface area (Å²) in [4.78, 5) is 26.2. The van der Waals surface area contributed by atoms with Gasteiger partial charge in [0.05, 0.1) is 22.2 Å². The van der Waals surface area contributed by atoms with E-state index in [1.54, 1.807) is 54.4 Å². The van der Waals surface area contributed by atoms with E-state index in [0.717, 1.165) is 0 Å². The standard InChI is InChI=1S/C25H25FN6O2S/c1-5-15-31-22(19-13-9-10-14-20(19)26)28-29-25(31)35-17(3)23(33)27-21-16(2)30(4)32(24(21)34)18-11-7-6-8-12-18/h5-14,17H,1,15H2,2-4H3,(H,27,33)/t17-/m1/s1. The molecule has 0 saturated heterocycles. The lowest BCUT2D eigenvalue weighted by Crippen LogP contribution is -2.27. The number of amides is 1. The number of allylic oxidation sites excluding steroid dienone is 1. The van der Waals surface area contributed by atoms with Crippen LogP contribution in [0.4, 0.5) is 10.1 Å². The van der Waals surface area contributed by atoms with E-state index in [1.807, 2.05) is 30.3 Å². The van der Waals surface area contributed by atoms with Crippen LogP contribution in [0, 0.1) is 12.7 Å². The van der Waals surface area contributed by atoms with Gasteiger partial charge in [-0.1, -0.05) is 48.2 Å². The summed E-state index contributed by atoms with van der Waals surface area (Å²) in [6.07, 6.45) is 1.65. The molecule has 35 heavy (non-hydrogen) atoms. The summed E-state index contributed by atoms with van der Waals surface area (Å²) in [6, 6.07) is 15.5. The molecule has 0 bridgehead atoms. The molecular weight excluding hydrogens is 467 g/mol. The van der Waals surface area contributed by atoms with Gasteiger partial charge in [-0.25, -0.2) is 9.07 Å². The molecule has 4 aromatic rings. The number of para-hydroxylation sites is 1. The van der Waals surface area contributed by atoms with Crippen molar-refractivity contribution < 1.29 is 9.18 Å². The number of aromatic nitrogens is 5. The molecule has 2 aromatic heterocycles. The Bertz CT molecular complexity index is 1440. The second-order valence-electron chi connectivity index (χ2n) is 7.87. The van der Waals surface area contributed by atoms with Crippen molar-refractivity contribution in [2.45, 2.75) is 30.8 Å². The van der Waals surface area contributed by atoms with Gasteiger partial charge < -0.3 is 5.32 Å². The number of carbonyl (C=O) groups excluding carboxylic acids is 1. The third-order valence-electron chi connectivity index (χ3n) is 5.60. The van der Waals surface area contributed by atoms with Crippen LogP contribution < -0.4 is 10.9 Å². The Labute approximate surface area is 206 Å². The summed E-state index contributed by atoms with van der Waals surface area (Å²) in [5.41, 5.74) is 1.53. The highest BCUT2D eigenvalue weighted by Crippen LogP contribution is 2.29. The van der Waals surface area contributed by atoms with Gasteiger partial charge in [0.15, 0.2) is 11.0 Å². The van der Waals surface area contributed by atoms with Crippen molar-refractivity contribution in [3.8, 4) is 17.1 Å². The van der Waals surface area contributed by atoms with E-state index in [-0.39, 0.29) is 17.2 Å². The second kappa shape index (κ2) is 10.1. The highest BCUT2D eigenvalue weighted by Gasteiger charge is 2.24. The number of hydrogen-bond acceptors (Lipinski definition) is 5. The number of nitrogens with one attached hydrogen (secondary N) is 1. The quantitative estimate of drug-likeness (QED) is 0.294. The topological polar surface area (TPSA) is 86.7 Å². The largest absolute Gasteiger partial charge is 0.319 e. The normalized spacial score (nSPS) is 11.9. The molecule has 1 amide bonds. The van der Waals surface area contributed by atoms with Crippen molar-refractivity contribution in [2.24, 2.45) is 7.05 Å². The van der Waals surface area contributed by atoms with E-state index in [9.17, 15) is 14.0 Å². The molecule has 4 rings (SSSR count). The molecule has 180 valence electrons. The molecule has 0 spiro atoms. The van der Waals surface area contributed by atoms with E-state index >= 15 is 0 Å². The van der Waals surface area contributed by atoms with Crippen molar-refractivity contribution in [1.29, 1.82) is 0 Å². The van der Waals surface area contributed by atoms with Gasteiger partial charge in [-0.2, -0.15) is 0 Å². The fraction of sp³-hybridized carbons (Fsp3) is 0.200. The van der Waals surface area contributed by atoms with Crippen LogP contribution in [-0.2, 0) is 18.4 Å². The molecule has 0 fully saturated rings. The summed E-state index contributed by atoms with van der Waals surface area (Å²) >= 11 is 1.17. The Morgan fingerprint density at radius 1 is 1.17 bits per heavy atom. The smallest absolute Gasteiger partial charge is 0.295 e. The number of carbonyl (C=O) groups is 1. The Morgan fingerprint density at radius 3 is 2.54 bits per heavy atom. The number of benzene rings is 2. The number of rotatable bonds is 8. The van der Waals surface area contributed by atoms with Gasteiger partial charge in [0.1, 0.15) is 11.5 Å². The van der Waals surface area contributed by atoms with Gasteiger partial charge in [0.25, 0.3) is 5.56 Å². The van der Waals surface area contributed by atoms with Crippen LogP contribution >= 0.6 is 11.8 Å². The number of thioether (sulfide) groups is 1. The predicted octanol–water partition coefficient (Wildman–Crippen LogP) is 4.19. The van der Waals surface area contributed by atoms with Crippen LogP contribution in [0.25, 0.3) is 17.1 Å². The van der Waals surface area contributed by atoms with Gasteiger partial charge in [-0.3, -0.25) is 18.8 Å². The average molecular weight is 493 g/mol. The van der Waals surface area contributed by atoms with Crippen LogP contribution in [0.2, 0.25) is 0 Å². The first kappa shape index (κ1) is 24.2. The maximum absolute atomic E-state index is 14.4. The Hall–Kier alpha value is -3.92. The van der Waals surface area contributed by atoms with Crippen LogP contribution in [0.15, 0.2) is 77.2 Å². The minimum Gasteiger partial charge on any atom is -0.319 e. The SMILES string of the molecule is C=CCn1c(S[C@H](C)C(=O)Nc2c(C)n(C)n(-c3ccccc3)c2=O)nnc1-c1ccccc1F. The molecule has 0 saturated carbocycles. The van der Waals surface area contributed by atoms with Crippen LogP contribution in [0.5, 0.6) is 0 Å². The Kier molecular flexibility index (Phi) is 7.02. The minimum atomic E-state index is -0.611. The lowest BCUT2D eigenvalue weighted by atomic mass is 10.2. The van der Waals surface area contributed by atoms with E-state index in [2.05, 4.69) is 22.1 Å². The van der Waals surface area contributed by atoms with Crippen LogP contribution in [0.1, 0.15) is 12.6 Å². The first-order chi connectivity index (χ1) is 16.8. The Balaban J connectivity index is 1.58. The van der Waals surface area contributed by atoms with Crippen molar-refractivity contribution >= 4 is 23.4 Å². The van der Waals surface area contributed by atoms with E-state index < -0.39 is 11.1 Å². The zero-order valence-electron chi connectivity index (χ0n) is 19.6. The third-order valence-corrected chi connectivity index (χ3v) is 6.68. The molecule has 1 N–H and O–H groups in total. The maximum atomic E-state index is 14.4. The van der Waals surface area contributed by atoms with Gasteiger partial charge in [-0.05, 0) is 38.1 Å². The first-order valence-corrected chi connectivity index (χ1v) is 11.8. The molecule has 2 heterocycles. The van der Waals surface area contributed by atoms with Crippen LogP contribution in [-0.4, -0.2) is 35.3 Å². The molecule has 2 aromatic carbocycles. The molecule has 0 aliphatic rings. The average Bonchev–Trinajstić information content (AvgIpc) is 3.33. The molecule has 10 heteroatoms. The molecule has 1 atom stereocenters. The van der Waals surface area contributed by atoms with Gasteiger partial charge in [0, 0.05) is 13.6 Å². The molecule has 0 unspecified atom stereocenters. The number of hydrogen-bond donors (Lipinski definition) is 1. The zero-order chi connectivity index (χ0) is 25.1.